The van der Waals surface area contributed by atoms with E-state index >= 15 is 0 Å². The summed E-state index contributed by atoms with van der Waals surface area (Å²) in [7, 11) is 0. The maximum Gasteiger partial charge on any atom is 0.328 e. The van der Waals surface area contributed by atoms with Crippen LogP contribution in [0.1, 0.15) is 55.2 Å². The predicted octanol–water partition coefficient (Wildman–Crippen LogP) is 2.84. The maximum atomic E-state index is 13.1. The Hall–Kier alpha value is -5.85. The van der Waals surface area contributed by atoms with Gasteiger partial charge in [0.2, 0.25) is 18.2 Å². The van der Waals surface area contributed by atoms with E-state index in [9.17, 15) is 33.6 Å². The Morgan fingerprint density at radius 3 is 1.50 bits per heavy atom. The average molecular weight is 688 g/mol. The highest BCUT2D eigenvalue weighted by Crippen LogP contribution is 2.10. The first-order valence-corrected chi connectivity index (χ1v) is 16.1. The van der Waals surface area contributed by atoms with Crippen molar-refractivity contribution in [3.05, 3.63) is 108 Å². The molecule has 0 saturated heterocycles. The summed E-state index contributed by atoms with van der Waals surface area (Å²) >= 11 is 0. The van der Waals surface area contributed by atoms with E-state index in [1.54, 1.807) is 66.7 Å². The molecule has 0 heterocycles. The zero-order valence-electron chi connectivity index (χ0n) is 27.5. The molecule has 264 valence electrons. The summed E-state index contributed by atoms with van der Waals surface area (Å²) in [5.74, 6) is -3.56. The molecule has 13 heteroatoms. The summed E-state index contributed by atoms with van der Waals surface area (Å²) < 4.78 is 16.0. The van der Waals surface area contributed by atoms with Gasteiger partial charge in [0, 0.05) is 19.3 Å². The Morgan fingerprint density at radius 2 is 1.02 bits per heavy atom. The van der Waals surface area contributed by atoms with Gasteiger partial charge in [0.25, 0.3) is 0 Å². The van der Waals surface area contributed by atoms with Gasteiger partial charge in [-0.05, 0) is 36.0 Å². The van der Waals surface area contributed by atoms with Crippen LogP contribution in [0.2, 0.25) is 0 Å². The molecule has 3 rings (SSSR count). The van der Waals surface area contributed by atoms with Crippen molar-refractivity contribution in [1.29, 1.82) is 0 Å². The SMILES string of the molecule is O=CCCC(NC(=O)C(CCC(=O)NC(CCC(=O)OCc1ccccc1)C(=O)OCc1ccccc1)NC=O)C(=O)OCc1ccccc1. The predicted molar refractivity (Wildman–Crippen MR) is 179 cm³/mol. The third kappa shape index (κ3) is 14.5. The van der Waals surface area contributed by atoms with E-state index in [-0.39, 0.29) is 64.8 Å². The van der Waals surface area contributed by atoms with Crippen LogP contribution in [-0.2, 0) is 67.6 Å². The zero-order chi connectivity index (χ0) is 36.0. The minimum Gasteiger partial charge on any atom is -0.461 e. The van der Waals surface area contributed by atoms with Gasteiger partial charge in [-0.3, -0.25) is 19.2 Å². The van der Waals surface area contributed by atoms with Crippen LogP contribution < -0.4 is 16.0 Å². The van der Waals surface area contributed by atoms with E-state index < -0.39 is 47.8 Å². The van der Waals surface area contributed by atoms with E-state index in [1.807, 2.05) is 24.3 Å². The van der Waals surface area contributed by atoms with Gasteiger partial charge in [-0.2, -0.15) is 0 Å². The fourth-order valence-electron chi connectivity index (χ4n) is 4.65. The molecule has 3 unspecified atom stereocenters. The van der Waals surface area contributed by atoms with Crippen molar-refractivity contribution in [3.8, 4) is 0 Å². The minimum absolute atomic E-state index is 0.0406. The molecule has 50 heavy (non-hydrogen) atoms. The largest absolute Gasteiger partial charge is 0.461 e. The van der Waals surface area contributed by atoms with Crippen molar-refractivity contribution in [2.75, 3.05) is 0 Å². The molecular formula is C37H41N3O10. The lowest BCUT2D eigenvalue weighted by Gasteiger charge is -2.22. The average Bonchev–Trinajstić information content (AvgIpc) is 3.14. The molecule has 3 aromatic carbocycles. The topological polar surface area (TPSA) is 183 Å². The summed E-state index contributed by atoms with van der Waals surface area (Å²) in [6.07, 6.45) is -0.0527. The molecule has 0 bridgehead atoms. The number of esters is 3. The maximum absolute atomic E-state index is 13.1. The number of carbonyl (C=O) groups excluding carboxylic acids is 7. The second kappa shape index (κ2) is 21.9. The van der Waals surface area contributed by atoms with Gasteiger partial charge in [0.1, 0.15) is 44.2 Å². The van der Waals surface area contributed by atoms with E-state index in [1.165, 1.54) is 0 Å². The summed E-state index contributed by atoms with van der Waals surface area (Å²) in [4.78, 5) is 86.7. The summed E-state index contributed by atoms with van der Waals surface area (Å²) in [5, 5.41) is 7.38. The highest BCUT2D eigenvalue weighted by molar-refractivity contribution is 5.90. The molecule has 0 aliphatic carbocycles. The first kappa shape index (κ1) is 38.6. The number of benzene rings is 3. The monoisotopic (exact) mass is 687 g/mol. The second-order valence-corrected chi connectivity index (χ2v) is 11.2. The van der Waals surface area contributed by atoms with Gasteiger partial charge in [-0.15, -0.1) is 0 Å². The molecular weight excluding hydrogens is 646 g/mol. The van der Waals surface area contributed by atoms with Crippen molar-refractivity contribution in [2.45, 2.75) is 76.5 Å². The molecule has 0 aliphatic rings. The molecule has 3 atom stereocenters. The van der Waals surface area contributed by atoms with Crippen LogP contribution in [-0.4, -0.2) is 60.5 Å². The van der Waals surface area contributed by atoms with Gasteiger partial charge in [0.05, 0.1) is 0 Å². The molecule has 13 nitrogen and oxygen atoms in total. The number of hydrogen-bond donors (Lipinski definition) is 3. The molecule has 3 aromatic rings. The Bertz CT molecular complexity index is 1540. The van der Waals surface area contributed by atoms with Crippen LogP contribution in [0.3, 0.4) is 0 Å². The van der Waals surface area contributed by atoms with Crippen molar-refractivity contribution in [2.24, 2.45) is 0 Å². The number of nitrogens with one attached hydrogen (secondary N) is 3. The fourth-order valence-corrected chi connectivity index (χ4v) is 4.65. The molecule has 0 spiro atoms. The normalized spacial score (nSPS) is 12.2. The Labute approximate surface area is 290 Å². The molecule has 0 aliphatic heterocycles. The third-order valence-corrected chi connectivity index (χ3v) is 7.37. The van der Waals surface area contributed by atoms with E-state index in [0.29, 0.717) is 6.29 Å². The van der Waals surface area contributed by atoms with Gasteiger partial charge >= 0.3 is 17.9 Å². The summed E-state index contributed by atoms with van der Waals surface area (Å²) in [6.45, 7) is -0.0683. The lowest BCUT2D eigenvalue weighted by molar-refractivity contribution is -0.151. The minimum atomic E-state index is -1.24. The van der Waals surface area contributed by atoms with Gasteiger partial charge in [-0.1, -0.05) is 91.0 Å². The molecule has 3 N–H and O–H groups in total. The van der Waals surface area contributed by atoms with Crippen LogP contribution in [0, 0.1) is 0 Å². The van der Waals surface area contributed by atoms with Crippen molar-refractivity contribution < 1.29 is 47.8 Å². The molecule has 0 radical (unpaired) electrons. The number of hydrogen-bond acceptors (Lipinski definition) is 10. The molecule has 0 fully saturated rings. The van der Waals surface area contributed by atoms with Crippen molar-refractivity contribution in [3.63, 3.8) is 0 Å². The van der Waals surface area contributed by atoms with Gasteiger partial charge in [0.15, 0.2) is 0 Å². The molecule has 0 aromatic heterocycles. The highest BCUT2D eigenvalue weighted by atomic mass is 16.5. The molecule has 3 amide bonds. The van der Waals surface area contributed by atoms with E-state index in [4.69, 9.17) is 14.2 Å². The number of ether oxygens (including phenoxy) is 3. The third-order valence-electron chi connectivity index (χ3n) is 7.37. The Morgan fingerprint density at radius 1 is 0.560 bits per heavy atom. The standard InChI is InChI=1S/C37H41N3O10/c41-22-10-17-31(36(46)49-24-28-13-6-2-7-14-28)40-35(45)30(38-26-42)18-20-33(43)39-32(37(47)50-25-29-15-8-3-9-16-29)19-21-34(44)48-23-27-11-4-1-5-12-27/h1-9,11-16,22,26,30-32H,10,17-21,23-25H2,(H,38,42)(H,39,43)(H,40,45). The van der Waals surface area contributed by atoms with Crippen molar-refractivity contribution in [1.82, 2.24) is 16.0 Å². The number of carbonyl (C=O) groups is 7. The summed E-state index contributed by atoms with van der Waals surface area (Å²) in [6, 6.07) is 23.2. The summed E-state index contributed by atoms with van der Waals surface area (Å²) in [5.41, 5.74) is 2.23. The van der Waals surface area contributed by atoms with Crippen molar-refractivity contribution >= 4 is 42.4 Å². The van der Waals surface area contributed by atoms with Crippen LogP contribution in [0.25, 0.3) is 0 Å². The Kier molecular flexibility index (Phi) is 16.9. The molecule has 0 saturated carbocycles. The van der Waals surface area contributed by atoms with Crippen LogP contribution in [0.15, 0.2) is 91.0 Å². The van der Waals surface area contributed by atoms with E-state index in [2.05, 4.69) is 16.0 Å². The first-order chi connectivity index (χ1) is 24.3. The van der Waals surface area contributed by atoms with Crippen LogP contribution in [0.5, 0.6) is 0 Å². The lowest BCUT2D eigenvalue weighted by Crippen LogP contribution is -2.51. The highest BCUT2D eigenvalue weighted by Gasteiger charge is 2.28. The number of aldehydes is 1. The van der Waals surface area contributed by atoms with Crippen LogP contribution in [0.4, 0.5) is 0 Å². The fraction of sp³-hybridized carbons (Fsp3) is 0.324. The number of rotatable bonds is 22. The first-order valence-electron chi connectivity index (χ1n) is 16.1. The number of amides is 3. The Balaban J connectivity index is 1.58. The van der Waals surface area contributed by atoms with Gasteiger partial charge in [-0.25, -0.2) is 9.59 Å². The van der Waals surface area contributed by atoms with Gasteiger partial charge < -0.3 is 35.0 Å². The van der Waals surface area contributed by atoms with E-state index in [0.717, 1.165) is 16.7 Å². The smallest absolute Gasteiger partial charge is 0.328 e. The van der Waals surface area contributed by atoms with Crippen LogP contribution >= 0.6 is 0 Å². The quantitative estimate of drug-likeness (QED) is 0.0807. The lowest BCUT2D eigenvalue weighted by atomic mass is 10.1. The second-order valence-electron chi connectivity index (χ2n) is 11.2. The zero-order valence-corrected chi connectivity index (χ0v) is 27.5.